The Morgan fingerprint density at radius 2 is 1.76 bits per heavy atom. The molecular formula is C19H17ClN2O2S. The summed E-state index contributed by atoms with van der Waals surface area (Å²) in [6.07, 6.45) is 3.42. The summed E-state index contributed by atoms with van der Waals surface area (Å²) >= 11 is 4.71. The molecule has 0 saturated heterocycles. The van der Waals surface area contributed by atoms with Crippen molar-refractivity contribution in [1.82, 2.24) is 9.97 Å². The average molecular weight is 373 g/mol. The first-order chi connectivity index (χ1) is 12.1. The van der Waals surface area contributed by atoms with Crippen molar-refractivity contribution < 1.29 is 8.39 Å². The fourth-order valence-corrected chi connectivity index (χ4v) is 3.28. The normalized spacial score (nSPS) is 12.1. The number of rotatable bonds is 5. The molecule has 2 heterocycles. The number of aryl methyl sites for hydroxylation is 1. The van der Waals surface area contributed by atoms with E-state index < -0.39 is 11.1 Å². The lowest BCUT2D eigenvalue weighted by atomic mass is 10.0. The van der Waals surface area contributed by atoms with Gasteiger partial charge in [-0.25, -0.2) is 4.21 Å². The van der Waals surface area contributed by atoms with Gasteiger partial charge >= 0.3 is 0 Å². The highest BCUT2D eigenvalue weighted by Crippen LogP contribution is 2.32. The molecule has 1 aromatic carbocycles. The predicted octanol–water partition coefficient (Wildman–Crippen LogP) is 4.83. The van der Waals surface area contributed by atoms with E-state index in [0.717, 1.165) is 28.1 Å². The number of hydrogen-bond acceptors (Lipinski definition) is 4. The molecule has 6 heteroatoms. The Labute approximate surface area is 154 Å². The molecule has 0 aliphatic carbocycles. The van der Waals surface area contributed by atoms with Gasteiger partial charge in [-0.15, -0.1) is 0 Å². The van der Waals surface area contributed by atoms with Crippen molar-refractivity contribution in [1.29, 1.82) is 0 Å². The van der Waals surface area contributed by atoms with Crippen molar-refractivity contribution in [3.05, 3.63) is 65.6 Å². The summed E-state index contributed by atoms with van der Waals surface area (Å²) in [6, 6.07) is 13.2. The summed E-state index contributed by atoms with van der Waals surface area (Å²) in [7, 11) is 0. The Kier molecular flexibility index (Phi) is 5.58. The molecule has 0 spiro atoms. The minimum absolute atomic E-state index is 0.400. The molecule has 128 valence electrons. The lowest BCUT2D eigenvalue weighted by Crippen LogP contribution is -1.97. The SMILES string of the molecule is CCO[S@@](=O)c1ccc(-c2cc(Cl)cnc2-c2ccc(C)nc2)cc1. The van der Waals surface area contributed by atoms with E-state index in [2.05, 4.69) is 9.97 Å². The van der Waals surface area contributed by atoms with Crippen LogP contribution in [0.15, 0.2) is 59.8 Å². The highest BCUT2D eigenvalue weighted by molar-refractivity contribution is 7.80. The number of pyridine rings is 2. The van der Waals surface area contributed by atoms with Crippen LogP contribution in [-0.2, 0) is 15.3 Å². The van der Waals surface area contributed by atoms with Gasteiger partial charge in [0.25, 0.3) is 0 Å². The van der Waals surface area contributed by atoms with Crippen LogP contribution in [0.2, 0.25) is 5.02 Å². The van der Waals surface area contributed by atoms with E-state index in [-0.39, 0.29) is 0 Å². The van der Waals surface area contributed by atoms with Crippen LogP contribution in [0.5, 0.6) is 0 Å². The first kappa shape index (κ1) is 17.7. The van der Waals surface area contributed by atoms with Crippen LogP contribution in [0.3, 0.4) is 0 Å². The second-order valence-corrected chi connectivity index (χ2v) is 7.02. The minimum Gasteiger partial charge on any atom is -0.287 e. The number of halogens is 1. The molecule has 1 atom stereocenters. The summed E-state index contributed by atoms with van der Waals surface area (Å²) in [4.78, 5) is 9.45. The van der Waals surface area contributed by atoms with Crippen LogP contribution < -0.4 is 0 Å². The molecule has 2 aromatic heterocycles. The number of aromatic nitrogens is 2. The molecular weight excluding hydrogens is 356 g/mol. The van der Waals surface area contributed by atoms with Crippen molar-refractivity contribution in [3.8, 4) is 22.4 Å². The molecule has 4 nitrogen and oxygen atoms in total. The van der Waals surface area contributed by atoms with E-state index in [9.17, 15) is 4.21 Å². The van der Waals surface area contributed by atoms with Gasteiger partial charge < -0.3 is 0 Å². The molecule has 0 radical (unpaired) electrons. The second kappa shape index (κ2) is 7.87. The largest absolute Gasteiger partial charge is 0.287 e. The third-order valence-corrected chi connectivity index (χ3v) is 4.94. The van der Waals surface area contributed by atoms with Crippen molar-refractivity contribution >= 4 is 22.7 Å². The molecule has 0 fully saturated rings. The molecule has 3 aromatic rings. The van der Waals surface area contributed by atoms with Crippen LogP contribution >= 0.6 is 11.6 Å². The summed E-state index contributed by atoms with van der Waals surface area (Å²) < 4.78 is 17.0. The lowest BCUT2D eigenvalue weighted by Gasteiger charge is -2.10. The zero-order valence-corrected chi connectivity index (χ0v) is 15.5. The summed E-state index contributed by atoms with van der Waals surface area (Å²) in [5, 5.41) is 0.556. The van der Waals surface area contributed by atoms with Crippen molar-refractivity contribution in [2.75, 3.05) is 6.61 Å². The van der Waals surface area contributed by atoms with E-state index in [1.807, 2.05) is 44.2 Å². The zero-order valence-electron chi connectivity index (χ0n) is 13.9. The van der Waals surface area contributed by atoms with Gasteiger partial charge in [-0.2, -0.15) is 0 Å². The third kappa shape index (κ3) is 4.12. The van der Waals surface area contributed by atoms with E-state index in [1.165, 1.54) is 0 Å². The summed E-state index contributed by atoms with van der Waals surface area (Å²) in [5.41, 5.74) is 4.49. The van der Waals surface area contributed by atoms with E-state index in [1.54, 1.807) is 24.5 Å². The quantitative estimate of drug-likeness (QED) is 0.643. The van der Waals surface area contributed by atoms with Gasteiger partial charge in [0.2, 0.25) is 0 Å². The number of benzene rings is 1. The van der Waals surface area contributed by atoms with Gasteiger partial charge in [-0.3, -0.25) is 14.2 Å². The summed E-state index contributed by atoms with van der Waals surface area (Å²) in [5.74, 6) is 0. The fraction of sp³-hybridized carbons (Fsp3) is 0.158. The number of nitrogens with zero attached hydrogens (tertiary/aromatic N) is 2. The second-order valence-electron chi connectivity index (χ2n) is 5.40. The Balaban J connectivity index is 2.03. The van der Waals surface area contributed by atoms with Crippen molar-refractivity contribution in [3.63, 3.8) is 0 Å². The molecule has 0 N–H and O–H groups in total. The molecule has 3 rings (SSSR count). The van der Waals surface area contributed by atoms with Crippen LogP contribution in [0, 0.1) is 6.92 Å². The Morgan fingerprint density at radius 1 is 1.04 bits per heavy atom. The first-order valence-corrected chi connectivity index (χ1v) is 9.28. The van der Waals surface area contributed by atoms with Gasteiger partial charge in [0.1, 0.15) is 0 Å². The minimum atomic E-state index is -1.45. The van der Waals surface area contributed by atoms with E-state index >= 15 is 0 Å². The number of hydrogen-bond donors (Lipinski definition) is 0. The standard InChI is InChI=1S/C19H17ClN2O2S/c1-3-24-25(23)17-8-6-14(7-9-17)18-10-16(20)12-22-19(18)15-5-4-13(2)21-11-15/h4-12H,3H2,1-2H3/t25-/m1/s1. The molecule has 0 aliphatic rings. The lowest BCUT2D eigenvalue weighted by molar-refractivity contribution is 0.371. The fourth-order valence-electron chi connectivity index (χ4n) is 2.42. The Morgan fingerprint density at radius 3 is 2.40 bits per heavy atom. The topological polar surface area (TPSA) is 52.1 Å². The Bertz CT molecular complexity index is 896. The molecule has 0 aliphatic heterocycles. The van der Waals surface area contributed by atoms with Crippen LogP contribution in [0.1, 0.15) is 12.6 Å². The molecule has 0 amide bonds. The Hall–Kier alpha value is -2.08. The molecule has 0 saturated carbocycles. The highest BCUT2D eigenvalue weighted by atomic mass is 35.5. The van der Waals surface area contributed by atoms with Gasteiger partial charge in [-0.1, -0.05) is 23.7 Å². The molecule has 25 heavy (non-hydrogen) atoms. The van der Waals surface area contributed by atoms with E-state index in [0.29, 0.717) is 16.5 Å². The zero-order chi connectivity index (χ0) is 17.8. The molecule has 0 unspecified atom stereocenters. The van der Waals surface area contributed by atoms with Gasteiger partial charge in [0.15, 0.2) is 11.1 Å². The smallest absolute Gasteiger partial charge is 0.189 e. The predicted molar refractivity (Wildman–Crippen MR) is 101 cm³/mol. The molecule has 0 bridgehead atoms. The van der Waals surface area contributed by atoms with Crippen molar-refractivity contribution in [2.45, 2.75) is 18.7 Å². The first-order valence-electron chi connectivity index (χ1n) is 7.82. The maximum absolute atomic E-state index is 11.9. The van der Waals surface area contributed by atoms with E-state index in [4.69, 9.17) is 15.8 Å². The highest BCUT2D eigenvalue weighted by Gasteiger charge is 2.12. The van der Waals surface area contributed by atoms with Gasteiger partial charge in [0.05, 0.1) is 22.2 Å². The van der Waals surface area contributed by atoms with Crippen molar-refractivity contribution in [2.24, 2.45) is 0 Å². The van der Waals surface area contributed by atoms with Crippen LogP contribution in [0.4, 0.5) is 0 Å². The van der Waals surface area contributed by atoms with Gasteiger partial charge in [0, 0.05) is 29.2 Å². The average Bonchev–Trinajstić information content (AvgIpc) is 2.63. The monoisotopic (exact) mass is 372 g/mol. The van der Waals surface area contributed by atoms with Gasteiger partial charge in [-0.05, 0) is 49.7 Å². The third-order valence-electron chi connectivity index (χ3n) is 3.62. The summed E-state index contributed by atoms with van der Waals surface area (Å²) in [6.45, 7) is 4.15. The maximum atomic E-state index is 11.9. The van der Waals surface area contributed by atoms with Crippen LogP contribution in [-0.4, -0.2) is 20.8 Å². The maximum Gasteiger partial charge on any atom is 0.189 e. The van der Waals surface area contributed by atoms with Crippen LogP contribution in [0.25, 0.3) is 22.4 Å².